The molecule has 0 N–H and O–H groups in total. The lowest BCUT2D eigenvalue weighted by atomic mass is 10.1. The Balaban J connectivity index is 2.78. The van der Waals surface area contributed by atoms with Gasteiger partial charge in [-0.15, -0.1) is 0 Å². The SMILES string of the molecule is CC[C@H](C)C(=O)Oc1ccc(/C=C/COC(C)=O)cc1OC. The van der Waals surface area contributed by atoms with E-state index in [9.17, 15) is 9.59 Å². The van der Waals surface area contributed by atoms with Crippen molar-refractivity contribution in [1.82, 2.24) is 0 Å². The van der Waals surface area contributed by atoms with Gasteiger partial charge in [0.25, 0.3) is 0 Å². The number of carbonyl (C=O) groups excluding carboxylic acids is 2. The van der Waals surface area contributed by atoms with Crippen LogP contribution in [0, 0.1) is 5.92 Å². The maximum Gasteiger partial charge on any atom is 0.314 e. The lowest BCUT2D eigenvalue weighted by Gasteiger charge is -2.12. The average molecular weight is 306 g/mol. The molecular formula is C17H22O5. The summed E-state index contributed by atoms with van der Waals surface area (Å²) in [6, 6.07) is 5.24. The molecule has 0 bridgehead atoms. The zero-order valence-electron chi connectivity index (χ0n) is 13.4. The molecule has 0 aliphatic carbocycles. The van der Waals surface area contributed by atoms with Gasteiger partial charge in [0.2, 0.25) is 0 Å². The van der Waals surface area contributed by atoms with Crippen molar-refractivity contribution in [2.45, 2.75) is 27.2 Å². The summed E-state index contributed by atoms with van der Waals surface area (Å²) >= 11 is 0. The molecule has 1 rings (SSSR count). The molecule has 0 unspecified atom stereocenters. The molecule has 0 fully saturated rings. The lowest BCUT2D eigenvalue weighted by Crippen LogP contribution is -2.17. The van der Waals surface area contributed by atoms with E-state index in [-0.39, 0.29) is 24.5 Å². The van der Waals surface area contributed by atoms with Crippen LogP contribution in [0.5, 0.6) is 11.5 Å². The Hall–Kier alpha value is -2.30. The maximum atomic E-state index is 11.8. The highest BCUT2D eigenvalue weighted by atomic mass is 16.6. The maximum absolute atomic E-state index is 11.8. The topological polar surface area (TPSA) is 61.8 Å². The number of esters is 2. The molecule has 22 heavy (non-hydrogen) atoms. The van der Waals surface area contributed by atoms with E-state index in [0.29, 0.717) is 11.5 Å². The minimum Gasteiger partial charge on any atom is -0.493 e. The summed E-state index contributed by atoms with van der Waals surface area (Å²) in [6.07, 6.45) is 4.24. The molecule has 1 atom stereocenters. The number of ether oxygens (including phenoxy) is 3. The molecule has 0 aliphatic heterocycles. The molecule has 0 aromatic heterocycles. The molecule has 0 aliphatic rings. The summed E-state index contributed by atoms with van der Waals surface area (Å²) in [7, 11) is 1.52. The number of hydrogen-bond donors (Lipinski definition) is 0. The van der Waals surface area contributed by atoms with Crippen molar-refractivity contribution in [2.24, 2.45) is 5.92 Å². The van der Waals surface area contributed by atoms with Gasteiger partial charge in [-0.1, -0.05) is 26.0 Å². The Labute approximate surface area is 130 Å². The fourth-order valence-corrected chi connectivity index (χ4v) is 1.60. The molecule has 0 spiro atoms. The first-order chi connectivity index (χ1) is 10.5. The number of carbonyl (C=O) groups is 2. The van der Waals surface area contributed by atoms with Crippen LogP contribution in [0.1, 0.15) is 32.8 Å². The van der Waals surface area contributed by atoms with Gasteiger partial charge in [-0.25, -0.2) is 0 Å². The quantitative estimate of drug-likeness (QED) is 0.572. The van der Waals surface area contributed by atoms with Crippen molar-refractivity contribution in [1.29, 1.82) is 0 Å². The second kappa shape index (κ2) is 8.87. The van der Waals surface area contributed by atoms with Crippen LogP contribution in [-0.4, -0.2) is 25.7 Å². The van der Waals surface area contributed by atoms with Crippen molar-refractivity contribution >= 4 is 18.0 Å². The third-order valence-electron chi connectivity index (χ3n) is 3.11. The zero-order chi connectivity index (χ0) is 16.5. The van der Waals surface area contributed by atoms with Crippen LogP contribution in [0.25, 0.3) is 6.08 Å². The van der Waals surface area contributed by atoms with Gasteiger partial charge in [-0.05, 0) is 30.2 Å². The van der Waals surface area contributed by atoms with Crippen LogP contribution in [0.3, 0.4) is 0 Å². The van der Waals surface area contributed by atoms with E-state index < -0.39 is 0 Å². The molecule has 5 heteroatoms. The molecule has 0 radical (unpaired) electrons. The van der Waals surface area contributed by atoms with Crippen LogP contribution in [0.2, 0.25) is 0 Å². The monoisotopic (exact) mass is 306 g/mol. The summed E-state index contributed by atoms with van der Waals surface area (Å²) in [5.74, 6) is 0.109. The largest absolute Gasteiger partial charge is 0.493 e. The summed E-state index contributed by atoms with van der Waals surface area (Å²) < 4.78 is 15.4. The smallest absolute Gasteiger partial charge is 0.314 e. The van der Waals surface area contributed by atoms with Crippen molar-refractivity contribution in [3.8, 4) is 11.5 Å². The standard InChI is InChI=1S/C17H22O5/c1-5-12(2)17(19)22-15-9-8-14(11-16(15)20-4)7-6-10-21-13(3)18/h6-9,11-12H,5,10H2,1-4H3/b7-6+/t12-/m0/s1. The first-order valence-electron chi connectivity index (χ1n) is 7.17. The highest BCUT2D eigenvalue weighted by Gasteiger charge is 2.15. The minimum absolute atomic E-state index is 0.159. The van der Waals surface area contributed by atoms with Crippen LogP contribution in [0.15, 0.2) is 24.3 Å². The summed E-state index contributed by atoms with van der Waals surface area (Å²) in [5.41, 5.74) is 0.854. The highest BCUT2D eigenvalue weighted by molar-refractivity contribution is 5.75. The van der Waals surface area contributed by atoms with E-state index in [0.717, 1.165) is 12.0 Å². The molecule has 1 aromatic carbocycles. The van der Waals surface area contributed by atoms with Gasteiger partial charge in [0, 0.05) is 6.92 Å². The van der Waals surface area contributed by atoms with Gasteiger partial charge in [-0.3, -0.25) is 9.59 Å². The van der Waals surface area contributed by atoms with E-state index in [1.165, 1.54) is 14.0 Å². The van der Waals surface area contributed by atoms with Gasteiger partial charge >= 0.3 is 11.9 Å². The van der Waals surface area contributed by atoms with Crippen LogP contribution < -0.4 is 9.47 Å². The second-order valence-corrected chi connectivity index (χ2v) is 4.85. The first-order valence-corrected chi connectivity index (χ1v) is 7.17. The number of methoxy groups -OCH3 is 1. The minimum atomic E-state index is -0.325. The Morgan fingerprint density at radius 3 is 2.59 bits per heavy atom. The van der Waals surface area contributed by atoms with Crippen LogP contribution >= 0.6 is 0 Å². The third kappa shape index (κ3) is 5.60. The Morgan fingerprint density at radius 1 is 1.27 bits per heavy atom. The summed E-state index contributed by atoms with van der Waals surface area (Å²) in [6.45, 7) is 5.32. The fraction of sp³-hybridized carbons (Fsp3) is 0.412. The third-order valence-corrected chi connectivity index (χ3v) is 3.11. The van der Waals surface area contributed by atoms with E-state index >= 15 is 0 Å². The van der Waals surface area contributed by atoms with Crippen molar-refractivity contribution < 1.29 is 23.8 Å². The molecule has 0 saturated heterocycles. The lowest BCUT2D eigenvalue weighted by molar-refractivity contribution is -0.140. The van der Waals surface area contributed by atoms with Gasteiger partial charge in [0.1, 0.15) is 6.61 Å². The fourth-order valence-electron chi connectivity index (χ4n) is 1.60. The van der Waals surface area contributed by atoms with Crippen molar-refractivity contribution in [3.63, 3.8) is 0 Å². The summed E-state index contributed by atoms with van der Waals surface area (Å²) in [4.78, 5) is 22.5. The molecule has 1 aromatic rings. The molecule has 120 valence electrons. The van der Waals surface area contributed by atoms with Gasteiger partial charge in [0.05, 0.1) is 13.0 Å². The first kappa shape index (κ1) is 17.8. The van der Waals surface area contributed by atoms with Crippen LogP contribution in [-0.2, 0) is 14.3 Å². The number of rotatable bonds is 7. The van der Waals surface area contributed by atoms with Crippen LogP contribution in [0.4, 0.5) is 0 Å². The number of hydrogen-bond acceptors (Lipinski definition) is 5. The molecule has 0 heterocycles. The van der Waals surface area contributed by atoms with Gasteiger partial charge in [-0.2, -0.15) is 0 Å². The predicted octanol–water partition coefficient (Wildman–Crippen LogP) is 3.22. The highest BCUT2D eigenvalue weighted by Crippen LogP contribution is 2.29. The predicted molar refractivity (Wildman–Crippen MR) is 83.8 cm³/mol. The molecule has 0 amide bonds. The number of benzene rings is 1. The van der Waals surface area contributed by atoms with Gasteiger partial charge < -0.3 is 14.2 Å². The Morgan fingerprint density at radius 2 is 2.00 bits per heavy atom. The molecule has 0 saturated carbocycles. The van der Waals surface area contributed by atoms with Crippen molar-refractivity contribution in [3.05, 3.63) is 29.8 Å². The Bertz CT molecular complexity index is 548. The van der Waals surface area contributed by atoms with Gasteiger partial charge in [0.15, 0.2) is 11.5 Å². The van der Waals surface area contributed by atoms with E-state index in [1.807, 2.05) is 13.8 Å². The van der Waals surface area contributed by atoms with E-state index in [4.69, 9.17) is 14.2 Å². The second-order valence-electron chi connectivity index (χ2n) is 4.85. The molecular weight excluding hydrogens is 284 g/mol. The van der Waals surface area contributed by atoms with E-state index in [2.05, 4.69) is 0 Å². The summed E-state index contributed by atoms with van der Waals surface area (Å²) in [5, 5.41) is 0. The zero-order valence-corrected chi connectivity index (χ0v) is 13.4. The molecule has 5 nitrogen and oxygen atoms in total. The van der Waals surface area contributed by atoms with Crippen molar-refractivity contribution in [2.75, 3.05) is 13.7 Å². The Kier molecular flexibility index (Phi) is 7.16. The average Bonchev–Trinajstić information content (AvgIpc) is 2.51. The van der Waals surface area contributed by atoms with E-state index in [1.54, 1.807) is 30.4 Å². The normalized spacial score (nSPS) is 12.0.